The third kappa shape index (κ3) is 13.1. The van der Waals surface area contributed by atoms with Crippen molar-refractivity contribution in [3.05, 3.63) is 520 Å². The van der Waals surface area contributed by atoms with Gasteiger partial charge >= 0.3 is 0 Å². The van der Waals surface area contributed by atoms with Gasteiger partial charge in [-0.15, -0.1) is 0 Å². The predicted molar refractivity (Wildman–Crippen MR) is 590 cm³/mol. The summed E-state index contributed by atoms with van der Waals surface area (Å²) < 4.78 is 20.9. The van der Waals surface area contributed by atoms with Gasteiger partial charge in [0.1, 0.15) is 11.2 Å². The maximum atomic E-state index is 6.82. The van der Waals surface area contributed by atoms with Gasteiger partial charge in [0.05, 0.1) is 72.4 Å². The molecule has 0 atom stereocenters. The molecular weight excluding hydrogens is 1710 g/mol. The van der Waals surface area contributed by atoms with Crippen molar-refractivity contribution >= 4 is 154 Å². The molecule has 0 saturated heterocycles. The molecule has 29 rings (SSSR count). The van der Waals surface area contributed by atoms with E-state index in [1.165, 1.54) is 166 Å². The molecule has 9 nitrogen and oxygen atoms in total. The number of furan rings is 1. The van der Waals surface area contributed by atoms with Crippen molar-refractivity contribution in [2.75, 3.05) is 9.80 Å². The van der Waals surface area contributed by atoms with E-state index in [0.717, 1.165) is 78.3 Å². The number of benzene rings is 20. The second-order valence-electron chi connectivity index (χ2n) is 38.3. The van der Waals surface area contributed by atoms with E-state index in [4.69, 9.17) is 4.42 Å². The zero-order valence-corrected chi connectivity index (χ0v) is 78.3. The van der Waals surface area contributed by atoms with Crippen molar-refractivity contribution in [1.29, 1.82) is 0 Å². The molecule has 0 radical (unpaired) electrons. The number of anilines is 6. The average Bonchev–Trinajstić information content (AvgIpc) is 1.71. The van der Waals surface area contributed by atoms with E-state index in [9.17, 15) is 0 Å². The molecule has 0 aliphatic carbocycles. The molecule has 0 unspecified atom stereocenters. The SMILES string of the molecule is CC1(C)c2ccccc2N(c2ccc(-n3c4ccccc4c4c5ccn(-c6ccccc6)c5ccc43)cc2)c2ccccc21.CC1(C)c2ccccc2N(c2cccc(-n3c4ccccc4c4c5ccn(-c6ccccc6)c5ccc43)c2)c2ccccc21.c1ccc(-c2ccc(-c3cccc4c3oc3c(-c5ccc(-n6c7ccccc7c7c8ccn(-c9ccccc9)c8ccc76)cc5)cccc34)cc2)cc1. The molecule has 20 aromatic carbocycles. The van der Waals surface area contributed by atoms with Crippen LogP contribution in [0.25, 0.3) is 188 Å². The van der Waals surface area contributed by atoms with Crippen molar-refractivity contribution in [2.45, 2.75) is 38.5 Å². The van der Waals surface area contributed by atoms with Crippen LogP contribution in [0.4, 0.5) is 34.1 Å². The summed E-state index contributed by atoms with van der Waals surface area (Å²) in [6, 6.07) is 173. The fraction of sp³-hybridized carbons (Fsp3) is 0.0455. The highest BCUT2D eigenvalue weighted by Gasteiger charge is 2.39. The maximum absolute atomic E-state index is 6.82. The lowest BCUT2D eigenvalue weighted by Gasteiger charge is -2.42. The number of fused-ring (bicyclic) bond motifs is 22. The Bertz CT molecular complexity index is 9500. The highest BCUT2D eigenvalue weighted by Crippen LogP contribution is 2.55. The van der Waals surface area contributed by atoms with E-state index in [1.54, 1.807) is 0 Å². The van der Waals surface area contributed by atoms with Crippen LogP contribution in [0.2, 0.25) is 0 Å². The maximum Gasteiger partial charge on any atom is 0.143 e. The van der Waals surface area contributed by atoms with Crippen LogP contribution in [0, 0.1) is 0 Å². The third-order valence-corrected chi connectivity index (χ3v) is 29.9. The summed E-state index contributed by atoms with van der Waals surface area (Å²) in [7, 11) is 0. The number of aromatic nitrogens is 6. The van der Waals surface area contributed by atoms with Gasteiger partial charge in [-0.25, -0.2) is 0 Å². The van der Waals surface area contributed by atoms with Crippen LogP contribution in [0.5, 0.6) is 0 Å². The van der Waals surface area contributed by atoms with Gasteiger partial charge < -0.3 is 41.6 Å². The number of rotatable bonds is 11. The van der Waals surface area contributed by atoms with Crippen LogP contribution < -0.4 is 9.80 Å². The Labute approximate surface area is 816 Å². The van der Waals surface area contributed by atoms with Gasteiger partial charge in [0.25, 0.3) is 0 Å². The number of para-hydroxylation sites is 12. The first kappa shape index (κ1) is 82.3. The molecule has 27 aromatic rings. The van der Waals surface area contributed by atoms with Gasteiger partial charge in [-0.1, -0.05) is 319 Å². The lowest BCUT2D eigenvalue weighted by molar-refractivity contribution is 0.631. The first-order valence-electron chi connectivity index (χ1n) is 48.7. The molecule has 9 heterocycles. The molecule has 141 heavy (non-hydrogen) atoms. The number of hydrogen-bond acceptors (Lipinski definition) is 3. The smallest absolute Gasteiger partial charge is 0.143 e. The van der Waals surface area contributed by atoms with Crippen LogP contribution in [-0.2, 0) is 10.8 Å². The van der Waals surface area contributed by atoms with E-state index in [2.05, 4.69) is 563 Å². The zero-order valence-electron chi connectivity index (χ0n) is 78.3. The van der Waals surface area contributed by atoms with E-state index < -0.39 is 0 Å². The van der Waals surface area contributed by atoms with Gasteiger partial charge in [-0.2, -0.15) is 0 Å². The highest BCUT2D eigenvalue weighted by atomic mass is 16.3. The lowest BCUT2D eigenvalue weighted by Crippen LogP contribution is -2.30. The Hall–Kier alpha value is -18.2. The second kappa shape index (κ2) is 32.8. The second-order valence-corrected chi connectivity index (χ2v) is 38.3. The summed E-state index contributed by atoms with van der Waals surface area (Å²) in [6.45, 7) is 9.33. The molecule has 7 aromatic heterocycles. The molecule has 9 heteroatoms. The van der Waals surface area contributed by atoms with Crippen LogP contribution in [0.3, 0.4) is 0 Å². The molecule has 0 saturated carbocycles. The summed E-state index contributed by atoms with van der Waals surface area (Å²) in [4.78, 5) is 4.85. The minimum atomic E-state index is -0.0876. The predicted octanol–water partition coefficient (Wildman–Crippen LogP) is 35.3. The lowest BCUT2D eigenvalue weighted by atomic mass is 9.73. The molecule has 0 spiro atoms. The van der Waals surface area contributed by atoms with Gasteiger partial charge in [-0.05, 0) is 233 Å². The molecular formula is C132H94N8O. The van der Waals surface area contributed by atoms with E-state index in [1.807, 2.05) is 0 Å². The minimum Gasteiger partial charge on any atom is -0.455 e. The quantitative estimate of drug-likeness (QED) is 0.130. The van der Waals surface area contributed by atoms with Crippen LogP contribution in [0.1, 0.15) is 49.9 Å². The summed E-state index contributed by atoms with van der Waals surface area (Å²) in [5.74, 6) is 0. The standard InChI is InChI=1S/C50H32N2O.2C41H31N3/c1-3-11-33(12-4-1)34-21-23-35(24-22-34)39-16-9-18-41-42-19-10-17-40(50(42)53-49(39)41)36-25-27-38(28-26-36)52-46-20-8-7-15-43(46)48-44-31-32-51(37-13-5-2-6-14-37)45(44)29-30-47(48)52;1-41(2)33-18-7-10-21-37(33)44(38-22-11-8-19-34(38)41)30-16-12-15-29(27-30)43-36-20-9-6-17-31(36)40-32-25-26-42(28-13-4-3-5-14-28)35(32)23-24-39(40)43;1-41(2)33-15-7-10-18-37(33)44(38-19-11-8-16-34(38)41)30-22-20-29(21-23-30)43-36-17-9-6-14-31(36)40-32-26-27-42(28-12-4-3-5-13-28)35(32)24-25-39(40)43/h1-32H;2*3-27H,1-2H3. The summed E-state index contributed by atoms with van der Waals surface area (Å²) in [5, 5.41) is 13.7. The molecule has 2 aliphatic heterocycles. The Kier molecular flexibility index (Phi) is 19.1. The summed E-state index contributed by atoms with van der Waals surface area (Å²) in [6.07, 6.45) is 6.57. The van der Waals surface area contributed by atoms with E-state index >= 15 is 0 Å². The Balaban J connectivity index is 0.000000107. The summed E-state index contributed by atoms with van der Waals surface area (Å²) in [5.41, 5.74) is 38.9. The minimum absolute atomic E-state index is 0.0720. The van der Waals surface area contributed by atoms with E-state index in [0.29, 0.717) is 0 Å². The van der Waals surface area contributed by atoms with Crippen LogP contribution in [0.15, 0.2) is 502 Å². The summed E-state index contributed by atoms with van der Waals surface area (Å²) >= 11 is 0. The largest absolute Gasteiger partial charge is 0.455 e. The fourth-order valence-electron chi connectivity index (χ4n) is 23.3. The third-order valence-electron chi connectivity index (χ3n) is 29.9. The normalized spacial score (nSPS) is 13.0. The van der Waals surface area contributed by atoms with Gasteiger partial charge in [0, 0.05) is 145 Å². The van der Waals surface area contributed by atoms with Gasteiger partial charge in [-0.3, -0.25) is 0 Å². The average molecular weight is 1810 g/mol. The first-order chi connectivity index (χ1) is 69.5. The van der Waals surface area contributed by atoms with Crippen molar-refractivity contribution < 1.29 is 4.42 Å². The first-order valence-corrected chi connectivity index (χ1v) is 48.7. The van der Waals surface area contributed by atoms with Crippen LogP contribution in [-0.4, -0.2) is 27.4 Å². The monoisotopic (exact) mass is 1810 g/mol. The van der Waals surface area contributed by atoms with Gasteiger partial charge in [0.2, 0.25) is 0 Å². The highest BCUT2D eigenvalue weighted by molar-refractivity contribution is 6.24. The molecule has 0 bridgehead atoms. The van der Waals surface area contributed by atoms with Crippen molar-refractivity contribution in [3.8, 4) is 67.5 Å². The van der Waals surface area contributed by atoms with Crippen LogP contribution >= 0.6 is 0 Å². The van der Waals surface area contributed by atoms with E-state index in [-0.39, 0.29) is 10.8 Å². The van der Waals surface area contributed by atoms with Crippen molar-refractivity contribution in [3.63, 3.8) is 0 Å². The zero-order chi connectivity index (χ0) is 93.7. The fourth-order valence-corrected chi connectivity index (χ4v) is 23.3. The molecule has 668 valence electrons. The molecule has 0 amide bonds. The Morgan fingerprint density at radius 2 is 0.447 bits per heavy atom. The van der Waals surface area contributed by atoms with Crippen molar-refractivity contribution in [2.24, 2.45) is 0 Å². The van der Waals surface area contributed by atoms with Gasteiger partial charge in [0.15, 0.2) is 0 Å². The number of hydrogen-bond donors (Lipinski definition) is 0. The Morgan fingerprint density at radius 3 is 0.844 bits per heavy atom. The molecule has 0 N–H and O–H groups in total. The van der Waals surface area contributed by atoms with Crippen molar-refractivity contribution in [1.82, 2.24) is 27.4 Å². The molecule has 2 aliphatic rings. The topological polar surface area (TPSA) is 49.2 Å². The number of nitrogens with zero attached hydrogens (tertiary/aromatic N) is 8. The molecule has 0 fully saturated rings. The Morgan fingerprint density at radius 1 is 0.177 bits per heavy atom.